The quantitative estimate of drug-likeness (QED) is 0.756. The molecule has 1 aromatic rings. The molecule has 5 nitrogen and oxygen atoms in total. The van der Waals surface area contributed by atoms with Crippen LogP contribution in [0.25, 0.3) is 0 Å². The van der Waals surface area contributed by atoms with Gasteiger partial charge in [-0.1, -0.05) is 26.8 Å². The molecule has 0 aliphatic heterocycles. The number of hydrogen-bond acceptors (Lipinski definition) is 5. The highest BCUT2D eigenvalue weighted by Gasteiger charge is 2.47. The molecule has 1 atom stereocenters. The Kier molecular flexibility index (Phi) is 6.24. The highest BCUT2D eigenvalue weighted by Crippen LogP contribution is 2.43. The van der Waals surface area contributed by atoms with Gasteiger partial charge in [0.05, 0.1) is 24.1 Å². The summed E-state index contributed by atoms with van der Waals surface area (Å²) in [4.78, 5) is 29.7. The summed E-state index contributed by atoms with van der Waals surface area (Å²) in [6.45, 7) is 9.69. The van der Waals surface area contributed by atoms with E-state index in [0.29, 0.717) is 25.0 Å². The lowest BCUT2D eigenvalue weighted by Crippen LogP contribution is -2.41. The fourth-order valence-corrected chi connectivity index (χ4v) is 3.54. The maximum atomic E-state index is 12.7. The first kappa shape index (κ1) is 20.9. The molecule has 0 bridgehead atoms. The Balaban J connectivity index is 2.65. The van der Waals surface area contributed by atoms with Crippen molar-refractivity contribution < 1.29 is 19.4 Å². The number of aliphatic hydroxyl groups excluding tert-OH is 1. The van der Waals surface area contributed by atoms with E-state index in [2.05, 4.69) is 0 Å². The van der Waals surface area contributed by atoms with Crippen molar-refractivity contribution in [2.75, 3.05) is 7.11 Å². The minimum atomic E-state index is -0.878. The van der Waals surface area contributed by atoms with Gasteiger partial charge in [0, 0.05) is 6.42 Å². The van der Waals surface area contributed by atoms with Crippen LogP contribution in [0.5, 0.6) is 0 Å². The van der Waals surface area contributed by atoms with Gasteiger partial charge in [-0.05, 0) is 55.4 Å². The van der Waals surface area contributed by atoms with Crippen molar-refractivity contribution in [2.24, 2.45) is 16.3 Å². The number of hydrogen-bond donors (Lipinski definition) is 1. The molecule has 146 valence electrons. The van der Waals surface area contributed by atoms with Crippen molar-refractivity contribution in [3.8, 4) is 0 Å². The van der Waals surface area contributed by atoms with E-state index in [0.717, 1.165) is 16.8 Å². The molecule has 0 amide bonds. The molecule has 0 fully saturated rings. The number of aliphatic hydroxyl groups is 1. The van der Waals surface area contributed by atoms with Gasteiger partial charge in [0.25, 0.3) is 0 Å². The van der Waals surface area contributed by atoms with Crippen molar-refractivity contribution in [3.63, 3.8) is 0 Å². The SMILES string of the molecule is CCCC(=O)C1=C(O)[C@H](C(=O)OC)C(C)(C)CC1=Nc1ccc(C)c(C)c1. The third-order valence-corrected chi connectivity index (χ3v) is 5.17. The number of benzene rings is 1. The van der Waals surface area contributed by atoms with Crippen molar-refractivity contribution in [1.29, 1.82) is 0 Å². The second-order valence-corrected chi connectivity index (χ2v) is 7.88. The van der Waals surface area contributed by atoms with Gasteiger partial charge in [-0.15, -0.1) is 0 Å². The van der Waals surface area contributed by atoms with Gasteiger partial charge in [0.2, 0.25) is 0 Å². The van der Waals surface area contributed by atoms with Crippen LogP contribution in [0.3, 0.4) is 0 Å². The molecule has 1 aliphatic carbocycles. The first-order chi connectivity index (χ1) is 12.6. The van der Waals surface area contributed by atoms with Gasteiger partial charge < -0.3 is 9.84 Å². The highest BCUT2D eigenvalue weighted by atomic mass is 16.5. The molecule has 1 aliphatic rings. The minimum Gasteiger partial charge on any atom is -0.511 e. The van der Waals surface area contributed by atoms with Gasteiger partial charge in [-0.2, -0.15) is 0 Å². The van der Waals surface area contributed by atoms with Crippen LogP contribution in [0.1, 0.15) is 51.2 Å². The number of ketones is 1. The number of esters is 1. The second kappa shape index (κ2) is 8.07. The zero-order valence-corrected chi connectivity index (χ0v) is 17.0. The number of allylic oxidation sites excluding steroid dienone is 1. The van der Waals surface area contributed by atoms with Crippen molar-refractivity contribution in [1.82, 2.24) is 0 Å². The number of rotatable bonds is 5. The summed E-state index contributed by atoms with van der Waals surface area (Å²) >= 11 is 0. The van der Waals surface area contributed by atoms with Crippen LogP contribution >= 0.6 is 0 Å². The second-order valence-electron chi connectivity index (χ2n) is 7.88. The molecule has 0 saturated carbocycles. The number of carbonyl (C=O) groups is 2. The Hall–Kier alpha value is -2.43. The number of Topliss-reactive ketones (excluding diaryl/α,β-unsaturated/α-hetero) is 1. The lowest BCUT2D eigenvalue weighted by Gasteiger charge is -2.37. The fourth-order valence-electron chi connectivity index (χ4n) is 3.54. The van der Waals surface area contributed by atoms with E-state index in [1.807, 2.05) is 52.8 Å². The molecule has 2 rings (SSSR count). The minimum absolute atomic E-state index is 0.171. The van der Waals surface area contributed by atoms with Crippen LogP contribution in [0.15, 0.2) is 34.5 Å². The lowest BCUT2D eigenvalue weighted by atomic mass is 9.67. The average molecular weight is 371 g/mol. The summed E-state index contributed by atoms with van der Waals surface area (Å²) in [5, 5.41) is 10.9. The van der Waals surface area contributed by atoms with Crippen LogP contribution in [0.2, 0.25) is 0 Å². The Labute approximate surface area is 161 Å². The topological polar surface area (TPSA) is 76.0 Å². The van der Waals surface area contributed by atoms with Crippen molar-refractivity contribution in [2.45, 2.75) is 53.9 Å². The molecule has 1 N–H and O–H groups in total. The van der Waals surface area contributed by atoms with Gasteiger partial charge in [-0.25, -0.2) is 0 Å². The first-order valence-electron chi connectivity index (χ1n) is 9.31. The summed E-state index contributed by atoms with van der Waals surface area (Å²) in [5.74, 6) is -1.83. The number of ether oxygens (including phenoxy) is 1. The summed E-state index contributed by atoms with van der Waals surface area (Å²) < 4.78 is 4.88. The van der Waals surface area contributed by atoms with E-state index < -0.39 is 17.3 Å². The third-order valence-electron chi connectivity index (χ3n) is 5.17. The Bertz CT molecular complexity index is 818. The van der Waals surface area contributed by atoms with Crippen molar-refractivity contribution >= 4 is 23.2 Å². The number of nitrogens with zero attached hydrogens (tertiary/aromatic N) is 1. The smallest absolute Gasteiger partial charge is 0.316 e. The molecule has 0 unspecified atom stereocenters. The van der Waals surface area contributed by atoms with Gasteiger partial charge in [-0.3, -0.25) is 14.6 Å². The molecule has 0 aromatic heterocycles. The molecule has 0 saturated heterocycles. The zero-order valence-electron chi connectivity index (χ0n) is 17.0. The van der Waals surface area contributed by atoms with E-state index >= 15 is 0 Å². The van der Waals surface area contributed by atoms with Gasteiger partial charge >= 0.3 is 5.97 Å². The summed E-state index contributed by atoms with van der Waals surface area (Å²) in [6.07, 6.45) is 1.34. The van der Waals surface area contributed by atoms with E-state index in [1.54, 1.807) is 0 Å². The van der Waals surface area contributed by atoms with E-state index in [-0.39, 0.29) is 17.1 Å². The predicted molar refractivity (Wildman–Crippen MR) is 106 cm³/mol. The Morgan fingerprint density at radius 2 is 1.93 bits per heavy atom. The number of methoxy groups -OCH3 is 1. The van der Waals surface area contributed by atoms with Crippen LogP contribution in [-0.4, -0.2) is 29.7 Å². The van der Waals surface area contributed by atoms with Crippen LogP contribution < -0.4 is 0 Å². The molecule has 0 heterocycles. The highest BCUT2D eigenvalue weighted by molar-refractivity contribution is 6.24. The molecule has 27 heavy (non-hydrogen) atoms. The summed E-state index contributed by atoms with van der Waals surface area (Å²) in [5.41, 5.74) is 3.08. The van der Waals surface area contributed by atoms with Crippen LogP contribution in [0, 0.1) is 25.2 Å². The third kappa shape index (κ3) is 4.29. The van der Waals surface area contributed by atoms with Crippen LogP contribution in [-0.2, 0) is 14.3 Å². The lowest BCUT2D eigenvalue weighted by molar-refractivity contribution is -0.149. The summed E-state index contributed by atoms with van der Waals surface area (Å²) in [7, 11) is 1.29. The molecular formula is C22H29NO4. The fraction of sp³-hybridized carbons (Fsp3) is 0.500. The normalized spacial score (nSPS) is 20.7. The largest absolute Gasteiger partial charge is 0.511 e. The standard InChI is InChI=1S/C22H29NO4/c1-7-8-17(24)18-16(23-15-10-9-13(2)14(3)11-15)12-22(4,5)19(20(18)25)21(26)27-6/h9-11,19,25H,7-8,12H2,1-6H3/t19-/m1/s1. The molecule has 0 spiro atoms. The number of aryl methyl sites for hydroxylation is 2. The molecular weight excluding hydrogens is 342 g/mol. The van der Waals surface area contributed by atoms with E-state index in [1.165, 1.54) is 7.11 Å². The van der Waals surface area contributed by atoms with Gasteiger partial charge in [0.1, 0.15) is 11.7 Å². The van der Waals surface area contributed by atoms with E-state index in [9.17, 15) is 14.7 Å². The zero-order chi connectivity index (χ0) is 20.4. The number of carbonyl (C=O) groups excluding carboxylic acids is 2. The number of aliphatic imine (C=N–C) groups is 1. The maximum absolute atomic E-state index is 12.7. The molecule has 5 heteroatoms. The van der Waals surface area contributed by atoms with E-state index in [4.69, 9.17) is 9.73 Å². The maximum Gasteiger partial charge on any atom is 0.316 e. The summed E-state index contributed by atoms with van der Waals surface area (Å²) in [6, 6.07) is 5.84. The Morgan fingerprint density at radius 3 is 2.48 bits per heavy atom. The Morgan fingerprint density at radius 1 is 1.26 bits per heavy atom. The van der Waals surface area contributed by atoms with Crippen molar-refractivity contribution in [3.05, 3.63) is 40.7 Å². The molecule has 0 radical (unpaired) electrons. The predicted octanol–water partition coefficient (Wildman–Crippen LogP) is 4.78. The monoisotopic (exact) mass is 371 g/mol. The first-order valence-corrected chi connectivity index (χ1v) is 9.31. The average Bonchev–Trinajstić information content (AvgIpc) is 2.57. The van der Waals surface area contributed by atoms with Gasteiger partial charge in [0.15, 0.2) is 5.78 Å². The van der Waals surface area contributed by atoms with Crippen LogP contribution in [0.4, 0.5) is 5.69 Å². The molecule has 1 aromatic carbocycles.